The van der Waals surface area contributed by atoms with E-state index in [1.807, 2.05) is 23.6 Å². The molecule has 0 aliphatic carbocycles. The van der Waals surface area contributed by atoms with Gasteiger partial charge in [0.25, 0.3) is 5.56 Å². The number of fused-ring (bicyclic) bond motifs is 3. The van der Waals surface area contributed by atoms with Gasteiger partial charge in [0, 0.05) is 27.2 Å². The molecule has 0 saturated carbocycles. The van der Waals surface area contributed by atoms with E-state index >= 15 is 0 Å². The summed E-state index contributed by atoms with van der Waals surface area (Å²) in [6, 6.07) is 0. The molecule has 2 N–H and O–H groups in total. The van der Waals surface area contributed by atoms with E-state index in [2.05, 4.69) is 4.98 Å². The van der Waals surface area contributed by atoms with Gasteiger partial charge in [-0.25, -0.2) is 4.79 Å². The molecule has 1 aliphatic rings. The summed E-state index contributed by atoms with van der Waals surface area (Å²) < 4.78 is 4.39. The van der Waals surface area contributed by atoms with E-state index in [1.165, 1.54) is 16.5 Å². The molecule has 3 rings (SSSR count). The highest BCUT2D eigenvalue weighted by atomic mass is 35.5. The van der Waals surface area contributed by atoms with Gasteiger partial charge in [0.05, 0.1) is 20.6 Å². The van der Waals surface area contributed by atoms with Gasteiger partial charge in [0.1, 0.15) is 12.6 Å². The monoisotopic (exact) mass is 372 g/mol. The lowest BCUT2D eigenvalue weighted by molar-refractivity contribution is -0.861. The van der Waals surface area contributed by atoms with Crippen molar-refractivity contribution in [1.82, 2.24) is 18.7 Å². The standard InChI is InChI=1S/C15H24N6O3.ClH/c1-17(2)8-10(22)9-20-6-5-7-21-11-12(16-14(20)21)18(3)15(24)19(4)13(11)23;/h10,22H,5-9H2,1-4H3;1H. The molecule has 1 atom stereocenters. The molecular formula is C15H25ClN6O3. The van der Waals surface area contributed by atoms with Gasteiger partial charge >= 0.3 is 5.69 Å². The zero-order valence-electron chi connectivity index (χ0n) is 15.0. The maximum atomic E-state index is 12.5. The second-order valence-electron chi connectivity index (χ2n) is 6.81. The Hall–Kier alpha value is -1.84. The van der Waals surface area contributed by atoms with Crippen molar-refractivity contribution in [2.45, 2.75) is 19.1 Å². The molecule has 0 bridgehead atoms. The summed E-state index contributed by atoms with van der Waals surface area (Å²) in [7, 11) is 7.09. The van der Waals surface area contributed by atoms with Crippen molar-refractivity contribution in [3.63, 3.8) is 0 Å². The van der Waals surface area contributed by atoms with Gasteiger partial charge in [-0.1, -0.05) is 0 Å². The number of halogens is 1. The number of imidazole rings is 1. The number of anilines is 1. The maximum Gasteiger partial charge on any atom is 0.332 e. The molecule has 25 heavy (non-hydrogen) atoms. The molecule has 0 amide bonds. The molecule has 0 saturated heterocycles. The number of nitrogens with zero attached hydrogens (tertiary/aromatic N) is 5. The lowest BCUT2D eigenvalue weighted by Gasteiger charge is -2.30. The zero-order chi connectivity index (χ0) is 17.6. The van der Waals surface area contributed by atoms with Crippen LogP contribution in [0.1, 0.15) is 6.42 Å². The number of β-amino-alcohol motifs (C(OH)–C–C–N with tert-alkyl or cyclic N) is 1. The van der Waals surface area contributed by atoms with Crippen LogP contribution in [0.2, 0.25) is 0 Å². The fourth-order valence-corrected chi connectivity index (χ4v) is 3.37. The minimum absolute atomic E-state index is 0. The first-order chi connectivity index (χ1) is 11.3. The summed E-state index contributed by atoms with van der Waals surface area (Å²) in [5, 5.41) is 10.2. The van der Waals surface area contributed by atoms with Crippen LogP contribution in [0.15, 0.2) is 9.59 Å². The average Bonchev–Trinajstić information content (AvgIpc) is 2.91. The summed E-state index contributed by atoms with van der Waals surface area (Å²) in [5.41, 5.74) is 0.141. The van der Waals surface area contributed by atoms with Crippen LogP contribution < -0.4 is 33.5 Å². The number of nitrogens with one attached hydrogen (secondary N) is 1. The smallest absolute Gasteiger partial charge is 0.332 e. The summed E-state index contributed by atoms with van der Waals surface area (Å²) in [6.07, 6.45) is 0.388. The summed E-state index contributed by atoms with van der Waals surface area (Å²) in [5.74, 6) is 0.655. The lowest BCUT2D eigenvalue weighted by atomic mass is 10.2. The first-order valence-electron chi connectivity index (χ1n) is 8.19. The Morgan fingerprint density at radius 3 is 2.52 bits per heavy atom. The van der Waals surface area contributed by atoms with Crippen molar-refractivity contribution >= 4 is 17.1 Å². The van der Waals surface area contributed by atoms with Crippen LogP contribution in [-0.2, 0) is 20.6 Å². The molecular weight excluding hydrogens is 348 g/mol. The Kier molecular flexibility index (Phi) is 5.60. The third-order valence-corrected chi connectivity index (χ3v) is 4.50. The van der Waals surface area contributed by atoms with Crippen molar-refractivity contribution in [3.05, 3.63) is 20.8 Å². The number of likely N-dealkylation sites (N-methyl/N-ethyl adjacent to an activating group) is 1. The molecule has 0 aromatic carbocycles. The molecule has 0 fully saturated rings. The molecule has 9 nitrogen and oxygen atoms in total. The van der Waals surface area contributed by atoms with E-state index in [1.54, 1.807) is 7.05 Å². The number of aliphatic hydroxyl groups excluding tert-OH is 1. The Balaban J connectivity index is 0.00000225. The van der Waals surface area contributed by atoms with Crippen molar-refractivity contribution in [1.29, 1.82) is 0 Å². The highest BCUT2D eigenvalue weighted by Crippen LogP contribution is 2.24. The second kappa shape index (κ2) is 7.19. The SMILES string of the molecule is Cn1c(=O)c2c(nc3n2CCCN3CC(O)C[NH+](C)C)n(C)c1=O.[Cl-]. The summed E-state index contributed by atoms with van der Waals surface area (Å²) >= 11 is 0. The van der Waals surface area contributed by atoms with Gasteiger partial charge < -0.3 is 31.9 Å². The number of hydrogen-bond donors (Lipinski definition) is 2. The van der Waals surface area contributed by atoms with Crippen molar-refractivity contribution < 1.29 is 22.4 Å². The molecule has 1 unspecified atom stereocenters. The lowest BCUT2D eigenvalue weighted by Crippen LogP contribution is -3.07. The first kappa shape index (κ1) is 19.5. The van der Waals surface area contributed by atoms with E-state index in [0.717, 1.165) is 17.5 Å². The molecule has 2 aromatic heterocycles. The minimum Gasteiger partial charge on any atom is -1.00 e. The average molecular weight is 373 g/mol. The molecule has 140 valence electrons. The van der Waals surface area contributed by atoms with Gasteiger partial charge in [-0.3, -0.25) is 13.9 Å². The first-order valence-corrected chi connectivity index (χ1v) is 8.19. The highest BCUT2D eigenvalue weighted by molar-refractivity contribution is 5.74. The van der Waals surface area contributed by atoms with Crippen LogP contribution in [-0.4, -0.2) is 63.6 Å². The van der Waals surface area contributed by atoms with Crippen LogP contribution in [0.3, 0.4) is 0 Å². The van der Waals surface area contributed by atoms with E-state index < -0.39 is 6.10 Å². The van der Waals surface area contributed by atoms with E-state index in [-0.39, 0.29) is 23.7 Å². The Labute approximate surface area is 151 Å². The van der Waals surface area contributed by atoms with Gasteiger partial charge in [0.15, 0.2) is 11.2 Å². The topological polar surface area (TPSA) is 89.7 Å². The van der Waals surface area contributed by atoms with Gasteiger partial charge in [0.2, 0.25) is 5.95 Å². The number of aryl methyl sites for hydroxylation is 2. The van der Waals surface area contributed by atoms with Crippen LogP contribution >= 0.6 is 0 Å². The molecule has 10 heteroatoms. The summed E-state index contributed by atoms with van der Waals surface area (Å²) in [4.78, 5) is 32.4. The molecule has 0 radical (unpaired) electrons. The Bertz CT molecular complexity index is 884. The van der Waals surface area contributed by atoms with E-state index in [0.29, 0.717) is 36.7 Å². The summed E-state index contributed by atoms with van der Waals surface area (Å²) in [6.45, 7) is 2.56. The van der Waals surface area contributed by atoms with Gasteiger partial charge in [-0.2, -0.15) is 4.98 Å². The number of aliphatic hydroxyl groups is 1. The fourth-order valence-electron chi connectivity index (χ4n) is 3.37. The molecule has 2 aromatic rings. The normalized spacial score (nSPS) is 15.4. The van der Waals surface area contributed by atoms with Crippen LogP contribution in [0.4, 0.5) is 5.95 Å². The molecule has 3 heterocycles. The number of rotatable bonds is 4. The number of hydrogen-bond acceptors (Lipinski definition) is 5. The van der Waals surface area contributed by atoms with Crippen molar-refractivity contribution in [2.24, 2.45) is 14.1 Å². The van der Waals surface area contributed by atoms with Gasteiger partial charge in [-0.05, 0) is 6.42 Å². The predicted molar refractivity (Wildman–Crippen MR) is 90.7 cm³/mol. The van der Waals surface area contributed by atoms with Crippen molar-refractivity contribution in [3.8, 4) is 0 Å². The molecule has 0 spiro atoms. The van der Waals surface area contributed by atoms with Crippen LogP contribution in [0, 0.1) is 0 Å². The number of quaternary nitrogens is 1. The highest BCUT2D eigenvalue weighted by Gasteiger charge is 2.27. The van der Waals surface area contributed by atoms with Crippen LogP contribution in [0.5, 0.6) is 0 Å². The zero-order valence-corrected chi connectivity index (χ0v) is 15.7. The molecule has 1 aliphatic heterocycles. The fraction of sp³-hybridized carbons (Fsp3) is 0.667. The second-order valence-corrected chi connectivity index (χ2v) is 6.81. The third kappa shape index (κ3) is 3.31. The Morgan fingerprint density at radius 1 is 1.20 bits per heavy atom. The Morgan fingerprint density at radius 2 is 1.88 bits per heavy atom. The minimum atomic E-state index is -0.479. The van der Waals surface area contributed by atoms with E-state index in [4.69, 9.17) is 0 Å². The third-order valence-electron chi connectivity index (χ3n) is 4.50. The quantitative estimate of drug-likeness (QED) is 0.558. The van der Waals surface area contributed by atoms with E-state index in [9.17, 15) is 14.7 Å². The van der Waals surface area contributed by atoms with Crippen LogP contribution in [0.25, 0.3) is 11.2 Å². The van der Waals surface area contributed by atoms with Crippen molar-refractivity contribution in [2.75, 3.05) is 38.6 Å². The van der Waals surface area contributed by atoms with Gasteiger partial charge in [-0.15, -0.1) is 0 Å². The largest absolute Gasteiger partial charge is 1.00 e. The number of aromatic nitrogens is 4. The predicted octanol–water partition coefficient (Wildman–Crippen LogP) is -5.85. The maximum absolute atomic E-state index is 12.5.